The van der Waals surface area contributed by atoms with Gasteiger partial charge in [0.05, 0.1) is 24.9 Å². The minimum Gasteiger partial charge on any atom is -0.497 e. The molecule has 1 aliphatic rings. The van der Waals surface area contributed by atoms with Crippen molar-refractivity contribution in [2.45, 2.75) is 12.1 Å². The lowest BCUT2D eigenvalue weighted by molar-refractivity contribution is 0.415. The summed E-state index contributed by atoms with van der Waals surface area (Å²) >= 11 is 5.69. The van der Waals surface area contributed by atoms with Crippen molar-refractivity contribution in [2.24, 2.45) is 7.05 Å². The highest BCUT2D eigenvalue weighted by molar-refractivity contribution is 7.80. The lowest BCUT2D eigenvalue weighted by atomic mass is 9.98. The molecule has 0 amide bonds. The van der Waals surface area contributed by atoms with Crippen LogP contribution in [-0.4, -0.2) is 21.8 Å². The first-order chi connectivity index (χ1) is 12.7. The number of thiocarbonyl (C=S) groups is 1. The highest BCUT2D eigenvalue weighted by Gasteiger charge is 2.40. The minimum absolute atomic E-state index is 0.0202. The van der Waals surface area contributed by atoms with Crippen molar-refractivity contribution in [3.8, 4) is 5.75 Å². The SMILES string of the molecule is COc1ccc(N2C(=S)NC(c3ccccn3)C2c2ccn(C)c2)cc1. The summed E-state index contributed by atoms with van der Waals surface area (Å²) < 4.78 is 7.34. The van der Waals surface area contributed by atoms with Crippen LogP contribution < -0.4 is 15.0 Å². The van der Waals surface area contributed by atoms with Gasteiger partial charge in [-0.05, 0) is 60.2 Å². The second kappa shape index (κ2) is 6.80. The van der Waals surface area contributed by atoms with E-state index < -0.39 is 0 Å². The standard InChI is InChI=1S/C20H20N4OS/c1-23-12-10-14(13-23)19-18(17-5-3-4-11-21-17)22-20(26)24(19)15-6-8-16(25-2)9-7-15/h3-13,18-19H,1-2H3,(H,22,26). The number of rotatable bonds is 4. The number of pyridine rings is 1. The van der Waals surface area contributed by atoms with Gasteiger partial charge in [-0.15, -0.1) is 0 Å². The van der Waals surface area contributed by atoms with Gasteiger partial charge in [0.15, 0.2) is 5.11 Å². The van der Waals surface area contributed by atoms with E-state index in [-0.39, 0.29) is 12.1 Å². The molecule has 6 heteroatoms. The number of aryl methyl sites for hydroxylation is 1. The average molecular weight is 364 g/mol. The van der Waals surface area contributed by atoms with Gasteiger partial charge in [0.2, 0.25) is 0 Å². The first-order valence-electron chi connectivity index (χ1n) is 8.44. The zero-order valence-electron chi connectivity index (χ0n) is 14.7. The van der Waals surface area contributed by atoms with Crippen molar-refractivity contribution >= 4 is 23.0 Å². The van der Waals surface area contributed by atoms with Gasteiger partial charge in [0.25, 0.3) is 0 Å². The predicted octanol–water partition coefficient (Wildman–Crippen LogP) is 3.61. The summed E-state index contributed by atoms with van der Waals surface area (Å²) in [5, 5.41) is 4.15. The molecule has 0 saturated carbocycles. The molecule has 1 aliphatic heterocycles. The molecule has 132 valence electrons. The molecule has 0 spiro atoms. The molecule has 1 fully saturated rings. The Kier molecular flexibility index (Phi) is 4.34. The van der Waals surface area contributed by atoms with Gasteiger partial charge in [0.1, 0.15) is 5.75 Å². The van der Waals surface area contributed by atoms with E-state index in [0.717, 1.165) is 17.1 Å². The lowest BCUT2D eigenvalue weighted by Crippen LogP contribution is -2.29. The Balaban J connectivity index is 1.79. The molecule has 1 saturated heterocycles. The van der Waals surface area contributed by atoms with Crippen molar-refractivity contribution in [2.75, 3.05) is 12.0 Å². The smallest absolute Gasteiger partial charge is 0.174 e. The van der Waals surface area contributed by atoms with Crippen LogP contribution in [-0.2, 0) is 7.05 Å². The number of hydrogen-bond donors (Lipinski definition) is 1. The number of aromatic nitrogens is 2. The fourth-order valence-corrected chi connectivity index (χ4v) is 3.76. The van der Waals surface area contributed by atoms with Crippen molar-refractivity contribution < 1.29 is 4.74 Å². The number of anilines is 1. The molecule has 3 heterocycles. The molecular formula is C20H20N4OS. The van der Waals surface area contributed by atoms with E-state index in [1.165, 1.54) is 5.56 Å². The Bertz CT molecular complexity index is 907. The molecule has 26 heavy (non-hydrogen) atoms. The van der Waals surface area contributed by atoms with Crippen LogP contribution in [0, 0.1) is 0 Å². The number of nitrogens with one attached hydrogen (secondary N) is 1. The zero-order valence-corrected chi connectivity index (χ0v) is 15.5. The zero-order chi connectivity index (χ0) is 18.1. The maximum absolute atomic E-state index is 5.69. The highest BCUT2D eigenvalue weighted by atomic mass is 32.1. The van der Waals surface area contributed by atoms with Gasteiger partial charge in [-0.3, -0.25) is 4.98 Å². The van der Waals surface area contributed by atoms with Crippen LogP contribution in [0.1, 0.15) is 23.3 Å². The molecule has 4 rings (SSSR count). The summed E-state index contributed by atoms with van der Waals surface area (Å²) in [4.78, 5) is 6.71. The predicted molar refractivity (Wildman–Crippen MR) is 106 cm³/mol. The van der Waals surface area contributed by atoms with Crippen LogP contribution in [0.4, 0.5) is 5.69 Å². The van der Waals surface area contributed by atoms with Gasteiger partial charge >= 0.3 is 0 Å². The summed E-state index contributed by atoms with van der Waals surface area (Å²) in [6.45, 7) is 0. The molecule has 2 unspecified atom stereocenters. The molecule has 5 nitrogen and oxygen atoms in total. The van der Waals surface area contributed by atoms with Crippen molar-refractivity contribution in [1.29, 1.82) is 0 Å². The number of methoxy groups -OCH3 is 1. The Morgan fingerprint density at radius 1 is 1.12 bits per heavy atom. The third-order valence-corrected chi connectivity index (χ3v) is 4.96. The molecule has 0 bridgehead atoms. The Morgan fingerprint density at radius 2 is 1.92 bits per heavy atom. The normalized spacial score (nSPS) is 19.5. The molecule has 2 atom stereocenters. The van der Waals surface area contributed by atoms with Crippen LogP contribution >= 0.6 is 12.2 Å². The first-order valence-corrected chi connectivity index (χ1v) is 8.85. The molecule has 0 radical (unpaired) electrons. The monoisotopic (exact) mass is 364 g/mol. The molecule has 1 aromatic carbocycles. The van der Waals surface area contributed by atoms with Gasteiger partial charge in [-0.2, -0.15) is 0 Å². The van der Waals surface area contributed by atoms with Crippen LogP contribution in [0.3, 0.4) is 0 Å². The van der Waals surface area contributed by atoms with Gasteiger partial charge in [0, 0.05) is 31.3 Å². The Morgan fingerprint density at radius 3 is 2.54 bits per heavy atom. The molecule has 1 N–H and O–H groups in total. The van der Waals surface area contributed by atoms with Gasteiger partial charge in [-0.25, -0.2) is 0 Å². The minimum atomic E-state index is -0.0202. The van der Waals surface area contributed by atoms with Crippen molar-refractivity contribution in [1.82, 2.24) is 14.9 Å². The summed E-state index contributed by atoms with van der Waals surface area (Å²) in [5.41, 5.74) is 3.18. The van der Waals surface area contributed by atoms with E-state index in [9.17, 15) is 0 Å². The lowest BCUT2D eigenvalue weighted by Gasteiger charge is -2.27. The second-order valence-electron chi connectivity index (χ2n) is 6.30. The third kappa shape index (κ3) is 2.93. The average Bonchev–Trinajstić information content (AvgIpc) is 3.25. The molecule has 2 aromatic heterocycles. The van der Waals surface area contributed by atoms with Crippen molar-refractivity contribution in [3.05, 3.63) is 78.4 Å². The maximum Gasteiger partial charge on any atom is 0.174 e. The topological polar surface area (TPSA) is 42.3 Å². The fraction of sp³-hybridized carbons (Fsp3) is 0.200. The summed E-state index contributed by atoms with van der Waals surface area (Å²) in [7, 11) is 3.69. The molecule has 3 aromatic rings. The van der Waals surface area contributed by atoms with Crippen LogP contribution in [0.2, 0.25) is 0 Å². The Labute approximate surface area is 158 Å². The van der Waals surface area contributed by atoms with E-state index in [4.69, 9.17) is 17.0 Å². The number of nitrogens with zero attached hydrogens (tertiary/aromatic N) is 3. The number of ether oxygens (including phenoxy) is 1. The molecule has 0 aliphatic carbocycles. The third-order valence-electron chi connectivity index (χ3n) is 4.65. The van der Waals surface area contributed by atoms with Gasteiger partial charge in [-0.1, -0.05) is 6.07 Å². The van der Waals surface area contributed by atoms with E-state index in [2.05, 4.69) is 38.2 Å². The van der Waals surface area contributed by atoms with Crippen molar-refractivity contribution in [3.63, 3.8) is 0 Å². The largest absolute Gasteiger partial charge is 0.497 e. The van der Waals surface area contributed by atoms with Gasteiger partial charge < -0.3 is 19.5 Å². The summed E-state index contributed by atoms with van der Waals surface area (Å²) in [5.74, 6) is 0.823. The maximum atomic E-state index is 5.69. The van der Waals surface area contributed by atoms with Crippen LogP contribution in [0.5, 0.6) is 5.75 Å². The van der Waals surface area contributed by atoms with E-state index in [0.29, 0.717) is 5.11 Å². The highest BCUT2D eigenvalue weighted by Crippen LogP contribution is 2.41. The second-order valence-corrected chi connectivity index (χ2v) is 6.69. The quantitative estimate of drug-likeness (QED) is 0.717. The van der Waals surface area contributed by atoms with E-state index in [1.54, 1.807) is 7.11 Å². The number of hydrogen-bond acceptors (Lipinski definition) is 3. The van der Waals surface area contributed by atoms with Crippen LogP contribution in [0.15, 0.2) is 67.1 Å². The Hall–Kier alpha value is -2.86. The van der Waals surface area contributed by atoms with Crippen LogP contribution in [0.25, 0.3) is 0 Å². The summed E-state index contributed by atoms with van der Waals surface area (Å²) in [6, 6.07) is 16.1. The fourth-order valence-electron chi connectivity index (χ4n) is 3.41. The summed E-state index contributed by atoms with van der Waals surface area (Å²) in [6.07, 6.45) is 6.00. The first kappa shape index (κ1) is 16.6. The molecular weight excluding hydrogens is 344 g/mol. The van der Waals surface area contributed by atoms with E-state index >= 15 is 0 Å². The number of benzene rings is 1. The van der Waals surface area contributed by atoms with E-state index in [1.807, 2.05) is 55.7 Å².